The summed E-state index contributed by atoms with van der Waals surface area (Å²) in [5.41, 5.74) is 6.61. The van der Waals surface area contributed by atoms with Crippen LogP contribution in [0.25, 0.3) is 0 Å². The molecule has 178 valence electrons. The number of nitrogens with zero attached hydrogens (tertiary/aromatic N) is 3. The highest BCUT2D eigenvalue weighted by molar-refractivity contribution is 7.90. The lowest BCUT2D eigenvalue weighted by Gasteiger charge is -2.21. The maximum atomic E-state index is 13.1. The Labute approximate surface area is 195 Å². The van der Waals surface area contributed by atoms with Crippen molar-refractivity contribution in [3.63, 3.8) is 0 Å². The average molecular weight is 472 g/mol. The van der Waals surface area contributed by atoms with E-state index in [1.165, 1.54) is 22.3 Å². The standard InChI is InChI=1S/C24H33N5O3S/c1-15(2)29-21(20-11-6-12-28(20)3)14-22(26-29)33(31,32)27-24(30)25-23-18-9-4-7-16(18)13-17-8-5-10-19(17)23/h13-15,20H,4-12H2,1-3H3,(H2,25,27,30). The van der Waals surface area contributed by atoms with Crippen molar-refractivity contribution in [1.82, 2.24) is 19.4 Å². The number of hydrogen-bond donors (Lipinski definition) is 2. The summed E-state index contributed by atoms with van der Waals surface area (Å²) in [4.78, 5) is 15.1. The van der Waals surface area contributed by atoms with Crippen molar-refractivity contribution in [3.05, 3.63) is 40.1 Å². The molecular weight excluding hydrogens is 438 g/mol. The molecule has 1 unspecified atom stereocenters. The number of anilines is 1. The molecule has 2 amide bonds. The van der Waals surface area contributed by atoms with Crippen LogP contribution in [-0.4, -0.2) is 42.7 Å². The number of amides is 2. The lowest BCUT2D eigenvalue weighted by Crippen LogP contribution is -2.35. The van der Waals surface area contributed by atoms with Gasteiger partial charge < -0.3 is 5.32 Å². The Morgan fingerprint density at radius 3 is 2.30 bits per heavy atom. The van der Waals surface area contributed by atoms with E-state index in [4.69, 9.17) is 0 Å². The second-order valence-electron chi connectivity index (χ2n) is 9.88. The molecule has 33 heavy (non-hydrogen) atoms. The fourth-order valence-corrected chi connectivity index (χ4v) is 6.61. The Hall–Kier alpha value is -2.39. The minimum Gasteiger partial charge on any atom is -0.307 e. The van der Waals surface area contributed by atoms with Crippen LogP contribution in [0.15, 0.2) is 17.2 Å². The molecule has 2 heterocycles. The van der Waals surface area contributed by atoms with Crippen molar-refractivity contribution in [2.24, 2.45) is 0 Å². The summed E-state index contributed by atoms with van der Waals surface area (Å²) in [5.74, 6) is 0. The van der Waals surface area contributed by atoms with Crippen molar-refractivity contribution in [1.29, 1.82) is 0 Å². The molecule has 1 aliphatic heterocycles. The molecule has 1 saturated heterocycles. The maximum Gasteiger partial charge on any atom is 0.333 e. The number of nitrogens with one attached hydrogen (secondary N) is 2. The first kappa shape index (κ1) is 22.4. The van der Waals surface area contributed by atoms with E-state index in [1.54, 1.807) is 10.7 Å². The second-order valence-corrected chi connectivity index (χ2v) is 11.5. The number of rotatable bonds is 5. The average Bonchev–Trinajstić information content (AvgIpc) is 3.52. The Kier molecular flexibility index (Phi) is 5.73. The molecule has 8 nitrogen and oxygen atoms in total. The normalized spacial score (nSPS) is 20.3. The highest BCUT2D eigenvalue weighted by Gasteiger charge is 2.31. The molecule has 1 fully saturated rings. The monoisotopic (exact) mass is 471 g/mol. The Balaban J connectivity index is 1.40. The van der Waals surface area contributed by atoms with Gasteiger partial charge in [-0.15, -0.1) is 0 Å². The van der Waals surface area contributed by atoms with Gasteiger partial charge in [0.1, 0.15) is 0 Å². The van der Waals surface area contributed by atoms with E-state index in [0.717, 1.165) is 69.3 Å². The van der Waals surface area contributed by atoms with Crippen LogP contribution in [0, 0.1) is 0 Å². The van der Waals surface area contributed by atoms with Crippen LogP contribution in [0.5, 0.6) is 0 Å². The molecule has 1 atom stereocenters. The molecule has 5 rings (SSSR count). The number of likely N-dealkylation sites (tertiary alicyclic amines) is 1. The van der Waals surface area contributed by atoms with E-state index in [9.17, 15) is 13.2 Å². The minimum atomic E-state index is -4.10. The van der Waals surface area contributed by atoms with Gasteiger partial charge in [0, 0.05) is 17.8 Å². The molecule has 2 aromatic rings. The summed E-state index contributed by atoms with van der Waals surface area (Å²) in [7, 11) is -2.05. The zero-order valence-corrected chi connectivity index (χ0v) is 20.5. The Morgan fingerprint density at radius 1 is 1.06 bits per heavy atom. The first-order valence-electron chi connectivity index (χ1n) is 12.0. The van der Waals surface area contributed by atoms with Crippen LogP contribution in [0.3, 0.4) is 0 Å². The molecular formula is C24H33N5O3S. The smallest absolute Gasteiger partial charge is 0.307 e. The largest absolute Gasteiger partial charge is 0.333 e. The second kappa shape index (κ2) is 8.43. The van der Waals surface area contributed by atoms with Gasteiger partial charge in [-0.05, 0) is 101 Å². The lowest BCUT2D eigenvalue weighted by molar-refractivity contribution is 0.256. The molecule has 1 aromatic heterocycles. The molecule has 2 N–H and O–H groups in total. The van der Waals surface area contributed by atoms with Crippen LogP contribution >= 0.6 is 0 Å². The topological polar surface area (TPSA) is 96.3 Å². The fraction of sp³-hybridized carbons (Fsp3) is 0.583. The van der Waals surface area contributed by atoms with Gasteiger partial charge in [0.25, 0.3) is 10.0 Å². The van der Waals surface area contributed by atoms with E-state index in [-0.39, 0.29) is 17.1 Å². The third-order valence-corrected chi connectivity index (χ3v) is 8.51. The molecule has 0 spiro atoms. The van der Waals surface area contributed by atoms with E-state index >= 15 is 0 Å². The molecule has 0 radical (unpaired) electrons. The van der Waals surface area contributed by atoms with Gasteiger partial charge in [-0.2, -0.15) is 13.5 Å². The summed E-state index contributed by atoms with van der Waals surface area (Å²) in [5, 5.41) is 7.19. The molecule has 1 aromatic carbocycles. The van der Waals surface area contributed by atoms with Crippen molar-refractivity contribution in [2.75, 3.05) is 18.9 Å². The highest BCUT2D eigenvalue weighted by atomic mass is 32.2. The summed E-state index contributed by atoms with van der Waals surface area (Å²) in [6.07, 6.45) is 8.04. The number of benzene rings is 1. The predicted octanol–water partition coefficient (Wildman–Crippen LogP) is 3.72. The van der Waals surface area contributed by atoms with Gasteiger partial charge in [-0.25, -0.2) is 9.52 Å². The van der Waals surface area contributed by atoms with Gasteiger partial charge in [0.15, 0.2) is 5.03 Å². The first-order chi connectivity index (χ1) is 15.7. The lowest BCUT2D eigenvalue weighted by atomic mass is 9.99. The molecule has 0 bridgehead atoms. The van der Waals surface area contributed by atoms with Crippen LogP contribution in [0.1, 0.15) is 79.6 Å². The third kappa shape index (κ3) is 4.05. The number of fused-ring (bicyclic) bond motifs is 2. The van der Waals surface area contributed by atoms with E-state index in [1.807, 2.05) is 20.9 Å². The van der Waals surface area contributed by atoms with Crippen molar-refractivity contribution < 1.29 is 13.2 Å². The van der Waals surface area contributed by atoms with Gasteiger partial charge in [0.05, 0.1) is 11.7 Å². The van der Waals surface area contributed by atoms with E-state index in [2.05, 4.69) is 26.1 Å². The maximum absolute atomic E-state index is 13.1. The van der Waals surface area contributed by atoms with Crippen LogP contribution in [0.4, 0.5) is 10.5 Å². The fourth-order valence-electron chi connectivity index (χ4n) is 5.74. The number of hydrogen-bond acceptors (Lipinski definition) is 5. The summed E-state index contributed by atoms with van der Waals surface area (Å²) in [6.45, 7) is 4.94. The number of aryl methyl sites for hydroxylation is 2. The molecule has 0 saturated carbocycles. The van der Waals surface area contributed by atoms with Crippen molar-refractivity contribution in [2.45, 2.75) is 82.3 Å². The number of carbonyl (C=O) groups excluding carboxylic acids is 1. The zero-order valence-electron chi connectivity index (χ0n) is 19.6. The minimum absolute atomic E-state index is 0.0151. The molecule has 9 heteroatoms. The highest BCUT2D eigenvalue weighted by Crippen LogP contribution is 2.38. The van der Waals surface area contributed by atoms with E-state index in [0.29, 0.717) is 0 Å². The quantitative estimate of drug-likeness (QED) is 0.693. The van der Waals surface area contributed by atoms with Gasteiger partial charge in [-0.3, -0.25) is 9.58 Å². The number of carbonyl (C=O) groups is 1. The zero-order chi connectivity index (χ0) is 23.3. The first-order valence-corrected chi connectivity index (χ1v) is 13.5. The molecule has 2 aliphatic carbocycles. The van der Waals surface area contributed by atoms with Crippen molar-refractivity contribution in [3.8, 4) is 0 Å². The van der Waals surface area contributed by atoms with E-state index < -0.39 is 16.1 Å². The van der Waals surface area contributed by atoms with Gasteiger partial charge >= 0.3 is 6.03 Å². The van der Waals surface area contributed by atoms with Crippen LogP contribution < -0.4 is 10.0 Å². The van der Waals surface area contributed by atoms with Crippen LogP contribution in [0.2, 0.25) is 0 Å². The van der Waals surface area contributed by atoms with Gasteiger partial charge in [-0.1, -0.05) is 6.07 Å². The summed E-state index contributed by atoms with van der Waals surface area (Å²) < 4.78 is 30.2. The predicted molar refractivity (Wildman–Crippen MR) is 127 cm³/mol. The molecule has 3 aliphatic rings. The summed E-state index contributed by atoms with van der Waals surface area (Å²) >= 11 is 0. The van der Waals surface area contributed by atoms with Crippen molar-refractivity contribution >= 4 is 21.7 Å². The number of urea groups is 1. The number of aromatic nitrogens is 2. The Bertz CT molecular complexity index is 1170. The SMILES string of the molecule is CC(C)n1nc(S(=O)(=O)NC(=O)Nc2c3c(cc4c2CCC4)CCC3)cc1C1CCCN1C. The Morgan fingerprint density at radius 2 is 1.73 bits per heavy atom. The van der Waals surface area contributed by atoms with Crippen LogP contribution in [-0.2, 0) is 35.7 Å². The van der Waals surface area contributed by atoms with Gasteiger partial charge in [0.2, 0.25) is 0 Å². The summed E-state index contributed by atoms with van der Waals surface area (Å²) in [6, 6.07) is 3.33. The number of sulfonamides is 1. The third-order valence-electron chi connectivity index (χ3n) is 7.31.